The number of hydrogen-bond acceptors (Lipinski definition) is 15. The largest absolute Gasteiger partial charge is 0.508 e. The molecule has 3 heterocycles. The van der Waals surface area contributed by atoms with Crippen molar-refractivity contribution in [1.82, 2.24) is 4.98 Å². The highest BCUT2D eigenvalue weighted by molar-refractivity contribution is 6.12. The first-order valence-corrected chi connectivity index (χ1v) is 19.2. The lowest BCUT2D eigenvalue weighted by Gasteiger charge is -2.38. The van der Waals surface area contributed by atoms with E-state index in [-0.39, 0.29) is 61.5 Å². The number of nitrogens with zero attached hydrogens (tertiary/aromatic N) is 1. The van der Waals surface area contributed by atoms with Crippen LogP contribution in [0.25, 0.3) is 33.3 Å². The highest BCUT2D eigenvalue weighted by atomic mass is 16.7. The molecule has 16 heteroatoms. The standard InChI is InChI=1S/C43H50N2O14/c1-17-11-10-12-18(2)42(54)45-33-37(52)29-28(32-40(33)58-27-16-24(47)15-25(48)31(27)44-32)30-39(22(6)36(29)51)59-43(8,41(30)53)56-14-13-26(55-9)19(3)38(57-23(7)46)21(5)35(50)20(4)34(17)49/h10-17,19-21,26,34-35,38,41,47-51,53H,1-9H3,(H,45,54)/b11-10+,14-13+,18-12-/t17-,19+,20+,21+,26-,34-,35+,38+,41?,43-/m0/s1. The van der Waals surface area contributed by atoms with Crippen LogP contribution in [0.1, 0.15) is 65.7 Å². The van der Waals surface area contributed by atoms with Crippen molar-refractivity contribution in [2.24, 2.45) is 23.7 Å². The minimum absolute atomic E-state index is 0.0120. The molecule has 2 aromatic rings. The van der Waals surface area contributed by atoms with Crippen LogP contribution >= 0.6 is 0 Å². The molecule has 0 spiro atoms. The average Bonchev–Trinajstić information content (AvgIpc) is 3.45. The maximum Gasteiger partial charge on any atom is 0.302 e. The third-order valence-corrected chi connectivity index (χ3v) is 11.6. The summed E-state index contributed by atoms with van der Waals surface area (Å²) < 4.78 is 29.9. The van der Waals surface area contributed by atoms with Gasteiger partial charge in [0.1, 0.15) is 46.0 Å². The molecule has 0 saturated heterocycles. The number of methoxy groups -OCH3 is 1. The average molecular weight is 819 g/mol. The molecule has 0 radical (unpaired) electrons. The van der Waals surface area contributed by atoms with Crippen LogP contribution in [0.4, 0.5) is 5.69 Å². The number of carbonyl (C=O) groups is 2. The van der Waals surface area contributed by atoms with Crippen LogP contribution in [0.2, 0.25) is 0 Å². The van der Waals surface area contributed by atoms with Gasteiger partial charge in [0.25, 0.3) is 11.7 Å². The quantitative estimate of drug-likeness (QED) is 0.0779. The Morgan fingerprint density at radius 1 is 0.949 bits per heavy atom. The van der Waals surface area contributed by atoms with Gasteiger partial charge in [-0.05, 0) is 19.9 Å². The SMILES string of the molecule is CO[C@H]1/C=C/O[C@@]2(C)Oc3c(C)c(O)c4c(=O)c(c5oc6cc(O)cc(O)c6nc-5c4c3C2O)NC(=O)/C(C)=C\C=C\[C@H](C)[C@H](O)[C@@H](C)[C@@H](O)[C@@H](C)[C@H](OC(C)=O)[C@@H]1C. The molecule has 3 aliphatic heterocycles. The monoisotopic (exact) mass is 818 g/mol. The van der Waals surface area contributed by atoms with E-state index in [2.05, 4.69) is 10.3 Å². The van der Waals surface area contributed by atoms with Crippen molar-refractivity contribution in [3.8, 4) is 34.5 Å². The van der Waals surface area contributed by atoms with Gasteiger partial charge in [-0.15, -0.1) is 0 Å². The van der Waals surface area contributed by atoms with Crippen molar-refractivity contribution in [2.75, 3.05) is 12.4 Å². The number of phenolic OH excluding ortho intramolecular Hbond substituents is 3. The number of aromatic nitrogens is 1. The van der Waals surface area contributed by atoms with Crippen molar-refractivity contribution in [1.29, 1.82) is 0 Å². The van der Waals surface area contributed by atoms with Crippen LogP contribution in [0.15, 0.2) is 57.5 Å². The molecular weight excluding hydrogens is 768 g/mol. The van der Waals surface area contributed by atoms with Gasteiger partial charge in [-0.2, -0.15) is 0 Å². The molecule has 0 fully saturated rings. The Bertz CT molecular complexity index is 2440. The number of aliphatic hydroxyl groups is 3. The van der Waals surface area contributed by atoms with Crippen molar-refractivity contribution < 1.29 is 63.6 Å². The maximum atomic E-state index is 14.5. The number of nitrogens with one attached hydrogen (secondary N) is 1. The lowest BCUT2D eigenvalue weighted by molar-refractivity contribution is -0.181. The summed E-state index contributed by atoms with van der Waals surface area (Å²) in [6, 6.07) is 2.18. The van der Waals surface area contributed by atoms with Gasteiger partial charge in [0.2, 0.25) is 5.43 Å². The van der Waals surface area contributed by atoms with E-state index in [4.69, 9.17) is 23.4 Å². The summed E-state index contributed by atoms with van der Waals surface area (Å²) in [4.78, 5) is 45.2. The van der Waals surface area contributed by atoms with Gasteiger partial charge in [-0.1, -0.05) is 45.9 Å². The molecule has 10 atom stereocenters. The Hall–Kier alpha value is -5.68. The highest BCUT2D eigenvalue weighted by Crippen LogP contribution is 2.54. The second kappa shape index (κ2) is 16.2. The van der Waals surface area contributed by atoms with Gasteiger partial charge in [0.05, 0.1) is 30.0 Å². The van der Waals surface area contributed by atoms with E-state index in [1.165, 1.54) is 53.2 Å². The predicted molar refractivity (Wildman–Crippen MR) is 215 cm³/mol. The van der Waals surface area contributed by atoms with Gasteiger partial charge >= 0.3 is 5.97 Å². The molecule has 16 nitrogen and oxygen atoms in total. The molecule has 1 unspecified atom stereocenters. The zero-order valence-electron chi connectivity index (χ0n) is 34.1. The van der Waals surface area contributed by atoms with Gasteiger partial charge in [0.15, 0.2) is 17.4 Å². The molecule has 4 bridgehead atoms. The number of carbonyl (C=O) groups excluding carboxylic acids is 2. The van der Waals surface area contributed by atoms with Crippen LogP contribution in [0, 0.1) is 30.6 Å². The number of aliphatic hydroxyl groups excluding tert-OH is 3. The van der Waals surface area contributed by atoms with Gasteiger partial charge in [0, 0.05) is 78.8 Å². The number of rotatable bonds is 2. The number of esters is 1. The molecule has 7 N–H and O–H groups in total. The lowest BCUT2D eigenvalue weighted by Crippen LogP contribution is -2.46. The summed E-state index contributed by atoms with van der Waals surface area (Å²) in [6.07, 6.45) is 1.79. The fourth-order valence-corrected chi connectivity index (χ4v) is 8.03. The van der Waals surface area contributed by atoms with Crippen molar-refractivity contribution >= 4 is 39.4 Å². The first-order valence-electron chi connectivity index (χ1n) is 19.2. The van der Waals surface area contributed by atoms with Crippen LogP contribution in [0.5, 0.6) is 23.0 Å². The van der Waals surface area contributed by atoms with Crippen molar-refractivity contribution in [3.05, 3.63) is 69.6 Å². The van der Waals surface area contributed by atoms with E-state index in [0.717, 1.165) is 12.1 Å². The van der Waals surface area contributed by atoms with E-state index in [0.29, 0.717) is 0 Å². The molecule has 59 heavy (non-hydrogen) atoms. The van der Waals surface area contributed by atoms with Crippen LogP contribution in [-0.4, -0.2) is 84.8 Å². The van der Waals surface area contributed by atoms with Gasteiger partial charge in [-0.3, -0.25) is 14.4 Å². The summed E-state index contributed by atoms with van der Waals surface area (Å²) in [5.74, 6) is -7.55. The summed E-state index contributed by atoms with van der Waals surface area (Å²) in [7, 11) is 1.43. The van der Waals surface area contributed by atoms with Crippen molar-refractivity contribution in [2.45, 2.75) is 91.7 Å². The molecular formula is C43H50N2O14. The molecule has 2 aromatic carbocycles. The Balaban J connectivity index is 1.60. The minimum atomic E-state index is -1.90. The summed E-state index contributed by atoms with van der Waals surface area (Å²) in [5.41, 5.74) is -1.65. The molecule has 0 aromatic heterocycles. The van der Waals surface area contributed by atoms with Crippen LogP contribution in [-0.2, 0) is 23.8 Å². The van der Waals surface area contributed by atoms with Crippen molar-refractivity contribution in [3.63, 3.8) is 0 Å². The first kappa shape index (κ1) is 42.9. The van der Waals surface area contributed by atoms with E-state index in [9.17, 15) is 45.0 Å². The third kappa shape index (κ3) is 7.57. The van der Waals surface area contributed by atoms with Crippen LogP contribution < -0.4 is 15.5 Å². The number of allylic oxidation sites excluding steroid dienone is 2. The Kier molecular flexibility index (Phi) is 11.8. The Morgan fingerprint density at radius 3 is 2.31 bits per heavy atom. The summed E-state index contributed by atoms with van der Waals surface area (Å²) >= 11 is 0. The van der Waals surface area contributed by atoms with E-state index < -0.39 is 94.5 Å². The van der Waals surface area contributed by atoms with Gasteiger partial charge < -0.3 is 59.3 Å². The zero-order valence-corrected chi connectivity index (χ0v) is 34.1. The number of phenols is 3. The molecule has 0 saturated carbocycles. The number of amides is 1. The minimum Gasteiger partial charge on any atom is -0.508 e. The molecule has 4 aliphatic rings. The number of hydrogen-bond donors (Lipinski definition) is 7. The topological polar surface area (TPSA) is 248 Å². The predicted octanol–water partition coefficient (Wildman–Crippen LogP) is 5.21. The fraction of sp³-hybridized carbons (Fsp3) is 0.442. The first-order chi connectivity index (χ1) is 27.7. The highest BCUT2D eigenvalue weighted by Gasteiger charge is 2.50. The second-order valence-corrected chi connectivity index (χ2v) is 15.7. The number of ether oxygens (including phenoxy) is 4. The summed E-state index contributed by atoms with van der Waals surface area (Å²) in [6.45, 7) is 12.5. The molecule has 316 valence electrons. The van der Waals surface area contributed by atoms with E-state index in [1.54, 1.807) is 39.8 Å². The second-order valence-electron chi connectivity index (χ2n) is 15.7. The number of benzene rings is 3. The van der Waals surface area contributed by atoms with Crippen LogP contribution in [0.3, 0.4) is 0 Å². The molecule has 6 rings (SSSR count). The maximum absolute atomic E-state index is 14.5. The molecule has 1 amide bonds. The Labute approximate surface area is 339 Å². The zero-order chi connectivity index (χ0) is 43.4. The lowest BCUT2D eigenvalue weighted by atomic mass is 9.78. The Morgan fingerprint density at radius 2 is 1.64 bits per heavy atom. The van der Waals surface area contributed by atoms with Gasteiger partial charge in [-0.25, -0.2) is 4.98 Å². The summed E-state index contributed by atoms with van der Waals surface area (Å²) in [5, 5.41) is 69.8. The molecule has 1 aliphatic carbocycles. The number of fused-ring (bicyclic) bond motifs is 2. The van der Waals surface area contributed by atoms with E-state index in [1.807, 2.05) is 0 Å². The van der Waals surface area contributed by atoms with E-state index >= 15 is 0 Å². The smallest absolute Gasteiger partial charge is 0.302 e. The number of aromatic hydroxyl groups is 3. The normalized spacial score (nSPS) is 31.4. The third-order valence-electron chi connectivity index (χ3n) is 11.6. The number of anilines is 1. The fourth-order valence-electron chi connectivity index (χ4n) is 8.03.